The van der Waals surface area contributed by atoms with Crippen LogP contribution in [0.15, 0.2) is 57.9 Å². The van der Waals surface area contributed by atoms with Crippen LogP contribution in [0.25, 0.3) is 0 Å². The van der Waals surface area contributed by atoms with Crippen LogP contribution >= 0.6 is 15.9 Å². The second-order valence-electron chi connectivity index (χ2n) is 7.32. The second-order valence-corrected chi connectivity index (χ2v) is 10.2. The number of amides is 3. The fraction of sp³-hybridized carbons (Fsp3) is 0.286. The summed E-state index contributed by atoms with van der Waals surface area (Å²) in [4.78, 5) is 39.5. The molecule has 0 aromatic heterocycles. The molecule has 2 aromatic carbocycles. The Labute approximate surface area is 188 Å². The Morgan fingerprint density at radius 3 is 1.90 bits per heavy atom. The van der Waals surface area contributed by atoms with Crippen molar-refractivity contribution in [3.63, 3.8) is 0 Å². The quantitative estimate of drug-likeness (QED) is 0.593. The van der Waals surface area contributed by atoms with Gasteiger partial charge in [0, 0.05) is 49.1 Å². The molecule has 0 spiro atoms. The van der Waals surface area contributed by atoms with E-state index in [9.17, 15) is 22.8 Å². The Morgan fingerprint density at radius 1 is 0.806 bits per heavy atom. The minimum atomic E-state index is -3.61. The molecule has 0 saturated carbocycles. The van der Waals surface area contributed by atoms with E-state index in [2.05, 4.69) is 15.9 Å². The highest BCUT2D eigenvalue weighted by atomic mass is 79.9. The summed E-state index contributed by atoms with van der Waals surface area (Å²) in [6, 6.07) is 12.8. The molecule has 0 unspecified atom stereocenters. The number of halogens is 1. The van der Waals surface area contributed by atoms with Gasteiger partial charge in [-0.05, 0) is 48.5 Å². The number of piperazine rings is 1. The predicted molar refractivity (Wildman–Crippen MR) is 117 cm³/mol. The highest BCUT2D eigenvalue weighted by Crippen LogP contribution is 2.24. The van der Waals surface area contributed by atoms with Crippen LogP contribution < -0.4 is 4.90 Å². The van der Waals surface area contributed by atoms with Gasteiger partial charge in [-0.1, -0.05) is 15.9 Å². The molecule has 8 nitrogen and oxygen atoms in total. The number of benzene rings is 2. The zero-order valence-electron chi connectivity index (χ0n) is 16.5. The van der Waals surface area contributed by atoms with E-state index in [1.807, 2.05) is 0 Å². The van der Waals surface area contributed by atoms with E-state index in [0.29, 0.717) is 11.3 Å². The summed E-state index contributed by atoms with van der Waals surface area (Å²) in [6.45, 7) is 0.969. The number of rotatable bonds is 4. The molecule has 162 valence electrons. The van der Waals surface area contributed by atoms with Crippen molar-refractivity contribution in [2.75, 3.05) is 31.1 Å². The average molecular weight is 506 g/mol. The van der Waals surface area contributed by atoms with E-state index in [4.69, 9.17) is 0 Å². The molecule has 4 rings (SSSR count). The molecule has 2 heterocycles. The first-order chi connectivity index (χ1) is 14.8. The molecule has 0 aliphatic carbocycles. The van der Waals surface area contributed by atoms with E-state index >= 15 is 0 Å². The van der Waals surface area contributed by atoms with Gasteiger partial charge in [-0.2, -0.15) is 4.31 Å². The molecule has 31 heavy (non-hydrogen) atoms. The third-order valence-electron chi connectivity index (χ3n) is 5.40. The van der Waals surface area contributed by atoms with Gasteiger partial charge in [0.15, 0.2) is 0 Å². The highest BCUT2D eigenvalue weighted by molar-refractivity contribution is 9.10. The Hall–Kier alpha value is -2.56. The van der Waals surface area contributed by atoms with Crippen LogP contribution in [-0.2, 0) is 19.6 Å². The highest BCUT2D eigenvalue weighted by Gasteiger charge is 2.32. The van der Waals surface area contributed by atoms with Crippen molar-refractivity contribution >= 4 is 49.4 Å². The van der Waals surface area contributed by atoms with Gasteiger partial charge >= 0.3 is 0 Å². The summed E-state index contributed by atoms with van der Waals surface area (Å²) in [5.41, 5.74) is 0.876. The van der Waals surface area contributed by atoms with Gasteiger partial charge < -0.3 is 4.90 Å². The van der Waals surface area contributed by atoms with Crippen molar-refractivity contribution < 1.29 is 22.8 Å². The first kappa shape index (κ1) is 21.7. The van der Waals surface area contributed by atoms with Crippen LogP contribution in [0.3, 0.4) is 0 Å². The topological polar surface area (TPSA) is 95.1 Å². The molecular formula is C21H20BrN3O5S. The molecule has 2 saturated heterocycles. The summed E-state index contributed by atoms with van der Waals surface area (Å²) in [5.74, 6) is -0.703. The molecule has 0 radical (unpaired) electrons. The Morgan fingerprint density at radius 2 is 1.35 bits per heavy atom. The van der Waals surface area contributed by atoms with Crippen LogP contribution in [0.1, 0.15) is 23.2 Å². The maximum Gasteiger partial charge on any atom is 0.253 e. The zero-order chi connectivity index (χ0) is 22.2. The molecule has 2 aliphatic heterocycles. The molecule has 0 atom stereocenters. The monoisotopic (exact) mass is 505 g/mol. The standard InChI is InChI=1S/C21H20BrN3O5S/c22-16-3-7-18(8-4-16)31(29,30)24-13-11-23(12-14-24)21(28)15-1-5-17(6-2-15)25-19(26)9-10-20(25)27/h1-8H,9-14H2. The summed E-state index contributed by atoms with van der Waals surface area (Å²) in [5, 5.41) is 0. The molecular weight excluding hydrogens is 486 g/mol. The molecule has 2 aromatic rings. The molecule has 2 aliphatic rings. The Bertz CT molecular complexity index is 1110. The van der Waals surface area contributed by atoms with Gasteiger partial charge in [0.25, 0.3) is 5.91 Å². The second kappa shape index (κ2) is 8.52. The third kappa shape index (κ3) is 4.28. The van der Waals surface area contributed by atoms with E-state index in [-0.39, 0.29) is 61.6 Å². The van der Waals surface area contributed by atoms with Crippen molar-refractivity contribution in [2.45, 2.75) is 17.7 Å². The van der Waals surface area contributed by atoms with Crippen molar-refractivity contribution in [3.8, 4) is 0 Å². The number of carbonyl (C=O) groups is 3. The number of carbonyl (C=O) groups excluding carboxylic acids is 3. The first-order valence-electron chi connectivity index (χ1n) is 9.78. The normalized spacial score (nSPS) is 18.0. The fourth-order valence-electron chi connectivity index (χ4n) is 3.69. The van der Waals surface area contributed by atoms with Crippen molar-refractivity contribution in [1.82, 2.24) is 9.21 Å². The molecule has 0 N–H and O–H groups in total. The average Bonchev–Trinajstić information content (AvgIpc) is 3.11. The van der Waals surface area contributed by atoms with Gasteiger partial charge in [-0.3, -0.25) is 19.3 Å². The largest absolute Gasteiger partial charge is 0.336 e. The van der Waals surface area contributed by atoms with Crippen molar-refractivity contribution in [3.05, 3.63) is 58.6 Å². The number of sulfonamides is 1. The molecule has 10 heteroatoms. The van der Waals surface area contributed by atoms with Gasteiger partial charge in [-0.15, -0.1) is 0 Å². The lowest BCUT2D eigenvalue weighted by Crippen LogP contribution is -2.50. The van der Waals surface area contributed by atoms with Crippen molar-refractivity contribution in [1.29, 1.82) is 0 Å². The van der Waals surface area contributed by atoms with Crippen LogP contribution in [-0.4, -0.2) is 61.5 Å². The maximum atomic E-state index is 12.8. The summed E-state index contributed by atoms with van der Waals surface area (Å²) in [6.07, 6.45) is 0.403. The van der Waals surface area contributed by atoms with Gasteiger partial charge in [0.05, 0.1) is 10.6 Å². The number of nitrogens with zero attached hydrogens (tertiary/aromatic N) is 3. The summed E-state index contributed by atoms with van der Waals surface area (Å²) >= 11 is 3.29. The van der Waals surface area contributed by atoms with Gasteiger partial charge in [-0.25, -0.2) is 8.42 Å². The number of hydrogen-bond acceptors (Lipinski definition) is 5. The first-order valence-corrected chi connectivity index (χ1v) is 12.0. The Kier molecular flexibility index (Phi) is 5.96. The summed E-state index contributed by atoms with van der Waals surface area (Å²) < 4.78 is 27.8. The van der Waals surface area contributed by atoms with Crippen LogP contribution in [0, 0.1) is 0 Å². The smallest absolute Gasteiger partial charge is 0.253 e. The van der Waals surface area contributed by atoms with Crippen LogP contribution in [0.4, 0.5) is 5.69 Å². The lowest BCUT2D eigenvalue weighted by atomic mass is 10.1. The zero-order valence-corrected chi connectivity index (χ0v) is 18.9. The van der Waals surface area contributed by atoms with E-state index < -0.39 is 10.0 Å². The predicted octanol–water partition coefficient (Wildman–Crippen LogP) is 2.25. The molecule has 3 amide bonds. The Balaban J connectivity index is 1.41. The lowest BCUT2D eigenvalue weighted by Gasteiger charge is -2.34. The lowest BCUT2D eigenvalue weighted by molar-refractivity contribution is -0.121. The fourth-order valence-corrected chi connectivity index (χ4v) is 5.37. The van der Waals surface area contributed by atoms with E-state index in [0.717, 1.165) is 9.37 Å². The van der Waals surface area contributed by atoms with Gasteiger partial charge in [0.1, 0.15) is 0 Å². The van der Waals surface area contributed by atoms with Gasteiger partial charge in [0.2, 0.25) is 21.8 Å². The molecule has 2 fully saturated rings. The van der Waals surface area contributed by atoms with E-state index in [1.165, 1.54) is 4.31 Å². The number of anilines is 1. The number of hydrogen-bond donors (Lipinski definition) is 0. The summed E-state index contributed by atoms with van der Waals surface area (Å²) in [7, 11) is -3.61. The number of imide groups is 1. The molecule has 0 bridgehead atoms. The van der Waals surface area contributed by atoms with Crippen molar-refractivity contribution in [2.24, 2.45) is 0 Å². The minimum Gasteiger partial charge on any atom is -0.336 e. The SMILES string of the molecule is O=C(c1ccc(N2C(=O)CCC2=O)cc1)N1CCN(S(=O)(=O)c2ccc(Br)cc2)CC1. The van der Waals surface area contributed by atoms with E-state index in [1.54, 1.807) is 53.4 Å². The van der Waals surface area contributed by atoms with Crippen LogP contribution in [0.5, 0.6) is 0 Å². The third-order valence-corrected chi connectivity index (χ3v) is 7.84. The minimum absolute atomic E-state index is 0.201. The maximum absolute atomic E-state index is 12.8. The van der Waals surface area contributed by atoms with Crippen LogP contribution in [0.2, 0.25) is 0 Å².